The molecule has 0 saturated heterocycles. The summed E-state index contributed by atoms with van der Waals surface area (Å²) in [6.07, 6.45) is 0.492. The van der Waals surface area contributed by atoms with E-state index >= 15 is 0 Å². The summed E-state index contributed by atoms with van der Waals surface area (Å²) in [5, 5.41) is 6.92. The van der Waals surface area contributed by atoms with Crippen molar-refractivity contribution in [3.63, 3.8) is 0 Å². The van der Waals surface area contributed by atoms with Crippen LogP contribution in [0.25, 0.3) is 0 Å². The van der Waals surface area contributed by atoms with Crippen molar-refractivity contribution in [1.29, 1.82) is 0 Å². The van der Waals surface area contributed by atoms with Crippen LogP contribution in [0.5, 0.6) is 0 Å². The molecule has 0 atom stereocenters. The van der Waals surface area contributed by atoms with Gasteiger partial charge >= 0.3 is 0 Å². The first-order chi connectivity index (χ1) is 6.46. The smallest absolute Gasteiger partial charge is 0.296 e. The molecule has 1 heterocycles. The molecule has 14 heavy (non-hydrogen) atoms. The average Bonchev–Trinajstić information content (AvgIpc) is 2.42. The van der Waals surface area contributed by atoms with E-state index in [0.717, 1.165) is 0 Å². The number of halogens is 1. The minimum atomic E-state index is -3.82. The van der Waals surface area contributed by atoms with Crippen LogP contribution in [0.4, 0.5) is 0 Å². The van der Waals surface area contributed by atoms with Gasteiger partial charge in [0.1, 0.15) is 5.82 Å². The summed E-state index contributed by atoms with van der Waals surface area (Å²) in [4.78, 5) is 0. The van der Waals surface area contributed by atoms with E-state index in [1.165, 1.54) is 4.57 Å². The summed E-state index contributed by atoms with van der Waals surface area (Å²) < 4.78 is 28.1. The molecule has 0 bridgehead atoms. The van der Waals surface area contributed by atoms with Gasteiger partial charge in [-0.1, -0.05) is 0 Å². The average molecular weight is 240 g/mol. The Morgan fingerprint density at radius 1 is 1.50 bits per heavy atom. The second-order valence-electron chi connectivity index (χ2n) is 2.64. The van der Waals surface area contributed by atoms with E-state index in [0.29, 0.717) is 18.9 Å². The molecule has 0 aliphatic carbocycles. The normalized spacial score (nSPS) is 11.9. The van der Waals surface area contributed by atoms with E-state index in [-0.39, 0.29) is 5.16 Å². The number of methoxy groups -OCH3 is 1. The first-order valence-electron chi connectivity index (χ1n) is 3.78. The molecule has 6 nitrogen and oxygen atoms in total. The van der Waals surface area contributed by atoms with Gasteiger partial charge < -0.3 is 9.30 Å². The van der Waals surface area contributed by atoms with Gasteiger partial charge in [-0.15, -0.1) is 10.2 Å². The largest absolute Gasteiger partial charge is 0.384 e. The van der Waals surface area contributed by atoms with Gasteiger partial charge in [-0.25, -0.2) is 8.42 Å². The highest BCUT2D eigenvalue weighted by Gasteiger charge is 2.19. The highest BCUT2D eigenvalue weighted by atomic mass is 35.7. The number of rotatable bonds is 4. The Morgan fingerprint density at radius 3 is 2.57 bits per heavy atom. The number of aromatic nitrogens is 3. The van der Waals surface area contributed by atoms with Crippen LogP contribution in [0.3, 0.4) is 0 Å². The Balaban J connectivity index is 2.97. The molecule has 0 fully saturated rings. The van der Waals surface area contributed by atoms with Crippen LogP contribution in [0.1, 0.15) is 5.82 Å². The third-order valence-corrected chi connectivity index (χ3v) is 2.88. The molecule has 8 heteroatoms. The quantitative estimate of drug-likeness (QED) is 0.688. The number of nitrogens with zero attached hydrogens (tertiary/aromatic N) is 3. The van der Waals surface area contributed by atoms with Crippen LogP contribution < -0.4 is 0 Å². The van der Waals surface area contributed by atoms with Crippen molar-refractivity contribution in [2.24, 2.45) is 7.05 Å². The summed E-state index contributed by atoms with van der Waals surface area (Å²) in [5.41, 5.74) is 0. The second-order valence-corrected chi connectivity index (χ2v) is 5.10. The monoisotopic (exact) mass is 239 g/mol. The van der Waals surface area contributed by atoms with Gasteiger partial charge in [-0.3, -0.25) is 0 Å². The van der Waals surface area contributed by atoms with Crippen molar-refractivity contribution in [3.8, 4) is 0 Å². The van der Waals surface area contributed by atoms with E-state index in [1.807, 2.05) is 0 Å². The summed E-state index contributed by atoms with van der Waals surface area (Å²) in [6, 6.07) is 0. The topological polar surface area (TPSA) is 74.1 Å². The van der Waals surface area contributed by atoms with Crippen molar-refractivity contribution < 1.29 is 13.2 Å². The Labute approximate surface area is 86.3 Å². The molecule has 0 aliphatic rings. The van der Waals surface area contributed by atoms with E-state index in [2.05, 4.69) is 10.2 Å². The first-order valence-corrected chi connectivity index (χ1v) is 6.09. The maximum atomic E-state index is 11.0. The van der Waals surface area contributed by atoms with Gasteiger partial charge in [-0.2, -0.15) is 0 Å². The fourth-order valence-corrected chi connectivity index (χ4v) is 1.94. The molecule has 0 aliphatic heterocycles. The summed E-state index contributed by atoms with van der Waals surface area (Å²) >= 11 is 0. The van der Waals surface area contributed by atoms with Crippen molar-refractivity contribution in [3.05, 3.63) is 5.82 Å². The zero-order valence-corrected chi connectivity index (χ0v) is 9.34. The Morgan fingerprint density at radius 2 is 2.14 bits per heavy atom. The van der Waals surface area contributed by atoms with Crippen molar-refractivity contribution in [2.45, 2.75) is 11.6 Å². The van der Waals surface area contributed by atoms with E-state index in [4.69, 9.17) is 15.4 Å². The molecular formula is C6H10ClN3O3S. The number of hydrogen-bond donors (Lipinski definition) is 0. The highest BCUT2D eigenvalue weighted by molar-refractivity contribution is 8.13. The van der Waals surface area contributed by atoms with Gasteiger partial charge in [-0.05, 0) is 0 Å². The van der Waals surface area contributed by atoms with Gasteiger partial charge in [0.05, 0.1) is 6.61 Å². The highest BCUT2D eigenvalue weighted by Crippen LogP contribution is 2.12. The molecular weight excluding hydrogens is 230 g/mol. The fourth-order valence-electron chi connectivity index (χ4n) is 0.968. The number of hydrogen-bond acceptors (Lipinski definition) is 5. The summed E-state index contributed by atoms with van der Waals surface area (Å²) in [5.74, 6) is 0.520. The summed E-state index contributed by atoms with van der Waals surface area (Å²) in [7, 11) is 4.40. The van der Waals surface area contributed by atoms with Gasteiger partial charge in [0, 0.05) is 31.3 Å². The molecule has 0 saturated carbocycles. The third-order valence-electron chi connectivity index (χ3n) is 1.67. The lowest BCUT2D eigenvalue weighted by Gasteiger charge is -2.00. The van der Waals surface area contributed by atoms with E-state index in [9.17, 15) is 8.42 Å². The summed E-state index contributed by atoms with van der Waals surface area (Å²) in [6.45, 7) is 0.453. The predicted octanol–water partition coefficient (Wildman–Crippen LogP) is -0.0685. The van der Waals surface area contributed by atoms with Crippen molar-refractivity contribution in [2.75, 3.05) is 13.7 Å². The second kappa shape index (κ2) is 4.24. The van der Waals surface area contributed by atoms with Crippen LogP contribution in [0, 0.1) is 0 Å². The first kappa shape index (κ1) is 11.4. The van der Waals surface area contributed by atoms with E-state index < -0.39 is 9.05 Å². The van der Waals surface area contributed by atoms with Gasteiger partial charge in [0.15, 0.2) is 0 Å². The zero-order valence-electron chi connectivity index (χ0n) is 7.77. The Kier molecular flexibility index (Phi) is 3.46. The molecule has 0 spiro atoms. The lowest BCUT2D eigenvalue weighted by molar-refractivity contribution is 0.199. The predicted molar refractivity (Wildman–Crippen MR) is 49.6 cm³/mol. The molecule has 0 unspecified atom stereocenters. The SMILES string of the molecule is COCCc1nnc(S(=O)(=O)Cl)n1C. The zero-order chi connectivity index (χ0) is 10.8. The van der Waals surface area contributed by atoms with Crippen LogP contribution in [0.2, 0.25) is 0 Å². The molecule has 0 N–H and O–H groups in total. The molecule has 80 valence electrons. The minimum absolute atomic E-state index is 0.245. The van der Waals surface area contributed by atoms with Crippen molar-refractivity contribution >= 4 is 19.7 Å². The lowest BCUT2D eigenvalue weighted by Crippen LogP contribution is -2.06. The molecule has 1 aromatic rings. The fraction of sp³-hybridized carbons (Fsp3) is 0.667. The van der Waals surface area contributed by atoms with Gasteiger partial charge in [0.25, 0.3) is 14.2 Å². The number of ether oxygens (including phenoxy) is 1. The molecule has 1 aromatic heterocycles. The Hall–Kier alpha value is -0.660. The van der Waals surface area contributed by atoms with Crippen LogP contribution in [-0.4, -0.2) is 36.9 Å². The van der Waals surface area contributed by atoms with E-state index in [1.54, 1.807) is 14.2 Å². The van der Waals surface area contributed by atoms with Crippen LogP contribution >= 0.6 is 10.7 Å². The van der Waals surface area contributed by atoms with Gasteiger partial charge in [0.2, 0.25) is 0 Å². The minimum Gasteiger partial charge on any atom is -0.384 e. The lowest BCUT2D eigenvalue weighted by atomic mass is 10.4. The molecule has 0 aromatic carbocycles. The van der Waals surface area contributed by atoms with Crippen LogP contribution in [-0.2, 0) is 27.3 Å². The van der Waals surface area contributed by atoms with Crippen LogP contribution in [0.15, 0.2) is 5.16 Å². The maximum Gasteiger partial charge on any atom is 0.296 e. The molecule has 0 amide bonds. The maximum absolute atomic E-state index is 11.0. The van der Waals surface area contributed by atoms with Crippen molar-refractivity contribution in [1.82, 2.24) is 14.8 Å². The molecule has 1 rings (SSSR count). The Bertz CT molecular complexity index is 414. The standard InChI is InChI=1S/C6H10ClN3O3S/c1-10-5(3-4-13-2)8-9-6(10)14(7,11)12/h3-4H2,1-2H3. The third kappa shape index (κ3) is 2.43. The molecule has 0 radical (unpaired) electrons.